The molecule has 1 unspecified atom stereocenters. The van der Waals surface area contributed by atoms with Crippen molar-refractivity contribution in [2.45, 2.75) is 32.4 Å². The van der Waals surface area contributed by atoms with Gasteiger partial charge in [-0.05, 0) is 24.5 Å². The molecule has 0 aliphatic heterocycles. The van der Waals surface area contributed by atoms with Gasteiger partial charge in [0, 0.05) is 26.3 Å². The fraction of sp³-hybridized carbons (Fsp3) is 0.500. The number of carboxylic acid groups (broad SMARTS) is 1. The number of carbonyl (C=O) groups is 1. The quantitative estimate of drug-likeness (QED) is 0.740. The highest BCUT2D eigenvalue weighted by Crippen LogP contribution is 2.10. The van der Waals surface area contributed by atoms with Crippen molar-refractivity contribution in [1.29, 1.82) is 0 Å². The maximum atomic E-state index is 10.8. The third kappa shape index (κ3) is 5.29. The minimum atomic E-state index is -0.796. The largest absolute Gasteiger partial charge is 0.481 e. The zero-order valence-corrected chi connectivity index (χ0v) is 11.0. The number of nitrogens with one attached hydrogen (secondary N) is 1. The van der Waals surface area contributed by atoms with Gasteiger partial charge in [-0.2, -0.15) is 0 Å². The number of rotatable bonds is 8. The molecule has 100 valence electrons. The van der Waals surface area contributed by atoms with Gasteiger partial charge in [0.2, 0.25) is 0 Å². The Balaban J connectivity index is 2.53. The van der Waals surface area contributed by atoms with Crippen LogP contribution in [0.15, 0.2) is 24.3 Å². The van der Waals surface area contributed by atoms with Gasteiger partial charge in [-0.25, -0.2) is 0 Å². The van der Waals surface area contributed by atoms with Crippen molar-refractivity contribution in [1.82, 2.24) is 5.32 Å². The Morgan fingerprint density at radius 3 is 2.67 bits per heavy atom. The average molecular weight is 251 g/mol. The van der Waals surface area contributed by atoms with Crippen LogP contribution in [0.25, 0.3) is 0 Å². The van der Waals surface area contributed by atoms with Gasteiger partial charge >= 0.3 is 5.97 Å². The third-order valence-electron chi connectivity index (χ3n) is 2.86. The molecule has 0 radical (unpaired) electrons. The lowest BCUT2D eigenvalue weighted by Crippen LogP contribution is -2.27. The second kappa shape index (κ2) is 7.84. The molecule has 1 aromatic rings. The first-order valence-corrected chi connectivity index (χ1v) is 6.14. The van der Waals surface area contributed by atoms with Crippen molar-refractivity contribution in [3.63, 3.8) is 0 Å². The van der Waals surface area contributed by atoms with E-state index in [1.807, 2.05) is 24.3 Å². The van der Waals surface area contributed by atoms with Crippen LogP contribution in [0.1, 0.15) is 24.5 Å². The molecule has 18 heavy (non-hydrogen) atoms. The van der Waals surface area contributed by atoms with Gasteiger partial charge in [0.1, 0.15) is 0 Å². The van der Waals surface area contributed by atoms with Crippen LogP contribution in [0.3, 0.4) is 0 Å². The molecular formula is C14H21NO3. The van der Waals surface area contributed by atoms with Gasteiger partial charge in [0.25, 0.3) is 0 Å². The fourth-order valence-electron chi connectivity index (χ4n) is 1.75. The molecule has 1 rings (SSSR count). The normalized spacial score (nSPS) is 12.3. The Labute approximate surface area is 108 Å². The van der Waals surface area contributed by atoms with Crippen LogP contribution in [0.4, 0.5) is 0 Å². The van der Waals surface area contributed by atoms with E-state index >= 15 is 0 Å². The highest BCUT2D eigenvalue weighted by atomic mass is 16.5. The van der Waals surface area contributed by atoms with Gasteiger partial charge in [-0.1, -0.05) is 24.3 Å². The summed E-state index contributed by atoms with van der Waals surface area (Å²) in [6.45, 7) is 3.51. The number of methoxy groups -OCH3 is 1. The van der Waals surface area contributed by atoms with Crippen LogP contribution in [-0.2, 0) is 22.5 Å². The highest BCUT2D eigenvalue weighted by Gasteiger charge is 2.07. The molecule has 4 heteroatoms. The van der Waals surface area contributed by atoms with Crippen molar-refractivity contribution in [3.8, 4) is 0 Å². The first-order chi connectivity index (χ1) is 8.63. The fourth-order valence-corrected chi connectivity index (χ4v) is 1.75. The Morgan fingerprint density at radius 1 is 1.39 bits per heavy atom. The SMILES string of the molecule is COCCC(C)NCc1ccccc1CC(=O)O. The molecule has 1 atom stereocenters. The number of carboxylic acids is 1. The lowest BCUT2D eigenvalue weighted by Gasteiger charge is -2.15. The standard InChI is InChI=1S/C14H21NO3/c1-11(7-8-18-2)15-10-13-6-4-3-5-12(13)9-14(16)17/h3-6,11,15H,7-10H2,1-2H3,(H,16,17). The summed E-state index contributed by atoms with van der Waals surface area (Å²) < 4.78 is 5.02. The van der Waals surface area contributed by atoms with E-state index in [2.05, 4.69) is 12.2 Å². The number of aliphatic carboxylic acids is 1. The molecular weight excluding hydrogens is 230 g/mol. The summed E-state index contributed by atoms with van der Waals surface area (Å²) in [6, 6.07) is 7.99. The van der Waals surface area contributed by atoms with Crippen LogP contribution < -0.4 is 5.32 Å². The summed E-state index contributed by atoms with van der Waals surface area (Å²) >= 11 is 0. The van der Waals surface area contributed by atoms with E-state index in [9.17, 15) is 4.79 Å². The van der Waals surface area contributed by atoms with E-state index in [0.29, 0.717) is 12.6 Å². The van der Waals surface area contributed by atoms with Crippen molar-refractivity contribution in [2.24, 2.45) is 0 Å². The number of hydrogen-bond acceptors (Lipinski definition) is 3. The third-order valence-corrected chi connectivity index (χ3v) is 2.86. The second-order valence-electron chi connectivity index (χ2n) is 4.40. The number of hydrogen-bond donors (Lipinski definition) is 2. The summed E-state index contributed by atoms with van der Waals surface area (Å²) in [7, 11) is 1.69. The lowest BCUT2D eigenvalue weighted by molar-refractivity contribution is -0.136. The molecule has 0 saturated heterocycles. The molecule has 0 aliphatic carbocycles. The maximum absolute atomic E-state index is 10.8. The number of ether oxygens (including phenoxy) is 1. The van der Waals surface area contributed by atoms with Crippen molar-refractivity contribution < 1.29 is 14.6 Å². The van der Waals surface area contributed by atoms with E-state index in [0.717, 1.165) is 24.2 Å². The minimum Gasteiger partial charge on any atom is -0.481 e. The highest BCUT2D eigenvalue weighted by molar-refractivity contribution is 5.70. The van der Waals surface area contributed by atoms with E-state index < -0.39 is 5.97 Å². The Bertz CT molecular complexity index is 379. The number of benzene rings is 1. The average Bonchev–Trinajstić information content (AvgIpc) is 2.34. The van der Waals surface area contributed by atoms with Gasteiger partial charge in [0.15, 0.2) is 0 Å². The molecule has 0 saturated carbocycles. The summed E-state index contributed by atoms with van der Waals surface area (Å²) in [6.07, 6.45) is 1.02. The molecule has 0 amide bonds. The summed E-state index contributed by atoms with van der Waals surface area (Å²) in [4.78, 5) is 10.8. The topological polar surface area (TPSA) is 58.6 Å². The van der Waals surface area contributed by atoms with Crippen LogP contribution in [0.5, 0.6) is 0 Å². The first-order valence-electron chi connectivity index (χ1n) is 6.14. The van der Waals surface area contributed by atoms with Crippen molar-refractivity contribution in [3.05, 3.63) is 35.4 Å². The van der Waals surface area contributed by atoms with E-state index in [1.54, 1.807) is 7.11 Å². The van der Waals surface area contributed by atoms with Gasteiger partial charge in [-0.3, -0.25) is 4.79 Å². The first kappa shape index (κ1) is 14.7. The van der Waals surface area contributed by atoms with E-state index in [4.69, 9.17) is 9.84 Å². The van der Waals surface area contributed by atoms with E-state index in [1.165, 1.54) is 0 Å². The summed E-state index contributed by atoms with van der Waals surface area (Å²) in [5, 5.41) is 12.2. The van der Waals surface area contributed by atoms with Crippen LogP contribution in [0, 0.1) is 0 Å². The second-order valence-corrected chi connectivity index (χ2v) is 4.40. The van der Waals surface area contributed by atoms with E-state index in [-0.39, 0.29) is 6.42 Å². The molecule has 0 fully saturated rings. The Morgan fingerprint density at radius 2 is 2.06 bits per heavy atom. The van der Waals surface area contributed by atoms with Crippen LogP contribution in [-0.4, -0.2) is 30.8 Å². The summed E-state index contributed by atoms with van der Waals surface area (Å²) in [5.74, 6) is -0.796. The molecule has 0 spiro atoms. The van der Waals surface area contributed by atoms with Crippen LogP contribution in [0.2, 0.25) is 0 Å². The zero-order valence-electron chi connectivity index (χ0n) is 11.0. The Hall–Kier alpha value is -1.39. The molecule has 2 N–H and O–H groups in total. The smallest absolute Gasteiger partial charge is 0.307 e. The van der Waals surface area contributed by atoms with Gasteiger partial charge in [-0.15, -0.1) is 0 Å². The molecule has 4 nitrogen and oxygen atoms in total. The molecule has 0 heterocycles. The molecule has 1 aromatic carbocycles. The summed E-state index contributed by atoms with van der Waals surface area (Å²) in [5.41, 5.74) is 1.92. The monoisotopic (exact) mass is 251 g/mol. The van der Waals surface area contributed by atoms with Crippen molar-refractivity contribution >= 4 is 5.97 Å². The molecule has 0 aromatic heterocycles. The van der Waals surface area contributed by atoms with Gasteiger partial charge in [0.05, 0.1) is 6.42 Å². The van der Waals surface area contributed by atoms with Gasteiger partial charge < -0.3 is 15.2 Å². The minimum absolute atomic E-state index is 0.0737. The maximum Gasteiger partial charge on any atom is 0.307 e. The molecule has 0 bridgehead atoms. The predicted molar refractivity (Wildman–Crippen MR) is 70.6 cm³/mol. The van der Waals surface area contributed by atoms with Crippen LogP contribution >= 0.6 is 0 Å². The predicted octanol–water partition coefficient (Wildman–Crippen LogP) is 1.83. The molecule has 0 aliphatic rings. The van der Waals surface area contributed by atoms with Crippen molar-refractivity contribution in [2.75, 3.05) is 13.7 Å². The Kier molecular flexibility index (Phi) is 6.39. The zero-order chi connectivity index (χ0) is 13.4. The lowest BCUT2D eigenvalue weighted by atomic mass is 10.0.